The summed E-state index contributed by atoms with van der Waals surface area (Å²) in [6, 6.07) is 11.9. The van der Waals surface area contributed by atoms with Gasteiger partial charge in [0.2, 0.25) is 0 Å². The number of benzene rings is 2. The number of hydrogen-bond donors (Lipinski definition) is 0. The molecule has 2 bridgehead atoms. The SMILES string of the molecule is CN1CCN(CCO[C@H]2/C=C/CCC[S-](=O)=NC(=O)c3ccc4c(c3)N(C[C@H]3CC[C@@H]32)C[C@@]2(CCCc3cc(Cl)ccc32)CO4)CC1. The highest BCUT2D eigenvalue weighted by atomic mass is 35.5. The van der Waals surface area contributed by atoms with Crippen molar-refractivity contribution in [2.24, 2.45) is 16.2 Å². The van der Waals surface area contributed by atoms with E-state index in [2.05, 4.69) is 50.4 Å². The van der Waals surface area contributed by atoms with E-state index in [0.29, 0.717) is 36.2 Å². The zero-order chi connectivity index (χ0) is 32.4. The molecule has 2 aromatic rings. The highest BCUT2D eigenvalue weighted by molar-refractivity contribution is 7.75. The van der Waals surface area contributed by atoms with Gasteiger partial charge < -0.3 is 27.8 Å². The molecule has 0 N–H and O–H groups in total. The topological polar surface area (TPSA) is 74.7 Å². The van der Waals surface area contributed by atoms with Crippen LogP contribution in [0, 0.1) is 11.8 Å². The zero-order valence-electron chi connectivity index (χ0n) is 27.6. The van der Waals surface area contributed by atoms with E-state index in [0.717, 1.165) is 107 Å². The molecule has 1 spiro atoms. The molecule has 1 amide bonds. The Hall–Kier alpha value is -2.43. The van der Waals surface area contributed by atoms with Crippen LogP contribution in [-0.4, -0.2) is 93.6 Å². The van der Waals surface area contributed by atoms with Crippen LogP contribution in [0.5, 0.6) is 5.75 Å². The van der Waals surface area contributed by atoms with E-state index in [1.54, 1.807) is 6.07 Å². The highest BCUT2D eigenvalue weighted by Crippen LogP contribution is 2.47. The van der Waals surface area contributed by atoms with Gasteiger partial charge in [-0.25, -0.2) is 0 Å². The van der Waals surface area contributed by atoms with Crippen molar-refractivity contribution in [2.75, 3.05) is 76.7 Å². The number of allylic oxidation sites excluding steroid dienone is 1. The number of anilines is 1. The van der Waals surface area contributed by atoms with Gasteiger partial charge in [-0.2, -0.15) is 10.6 Å². The van der Waals surface area contributed by atoms with Gasteiger partial charge in [0.05, 0.1) is 25.0 Å². The molecule has 8 nitrogen and oxygen atoms in total. The molecule has 7 rings (SSSR count). The summed E-state index contributed by atoms with van der Waals surface area (Å²) in [7, 11) is 0.622. The molecule has 3 heterocycles. The molecule has 1 saturated carbocycles. The Labute approximate surface area is 286 Å². The van der Waals surface area contributed by atoms with Crippen LogP contribution in [0.3, 0.4) is 0 Å². The van der Waals surface area contributed by atoms with Gasteiger partial charge in [0.1, 0.15) is 5.75 Å². The van der Waals surface area contributed by atoms with E-state index in [-0.39, 0.29) is 11.5 Å². The fourth-order valence-corrected chi connectivity index (χ4v) is 9.23. The third-order valence-electron chi connectivity index (χ3n) is 11.2. The van der Waals surface area contributed by atoms with E-state index in [1.807, 2.05) is 18.2 Å². The normalized spacial score (nSPS) is 30.0. The number of carbonyl (C=O) groups is 1. The molecule has 2 fully saturated rings. The molecule has 47 heavy (non-hydrogen) atoms. The van der Waals surface area contributed by atoms with Crippen molar-refractivity contribution < 1.29 is 18.5 Å². The van der Waals surface area contributed by atoms with Crippen molar-refractivity contribution in [1.82, 2.24) is 9.80 Å². The average molecular weight is 680 g/mol. The molecule has 0 aromatic heterocycles. The average Bonchev–Trinajstić information content (AvgIpc) is 3.20. The van der Waals surface area contributed by atoms with Crippen LogP contribution in [0.4, 0.5) is 5.69 Å². The van der Waals surface area contributed by atoms with Gasteiger partial charge in [-0.15, -0.1) is 0 Å². The summed E-state index contributed by atoms with van der Waals surface area (Å²) in [5, 5.41) is 0.775. The summed E-state index contributed by atoms with van der Waals surface area (Å²) >= 11 is 6.46. The lowest BCUT2D eigenvalue weighted by molar-refractivity contribution is -0.0235. The number of fused-ring (bicyclic) bond motifs is 4. The van der Waals surface area contributed by atoms with E-state index in [4.69, 9.17) is 21.1 Å². The standard InChI is InChI=1S/C37H48ClN4O4S/c1-40-15-17-41(18-16-40)19-20-45-34-7-3-2-4-21-47(44)39-36(43)28-9-13-35-33(23-28)42(24-29-8-11-31(29)34)25-37(26-46-35)14-5-6-27-22-30(38)10-12-32(27)37/h3,7,9-10,12-13,22-23,29,31,34H,2,4-6,8,11,14-21,24-26H2,1H3/q-1/b7-3+/t29-,31+,34+,37+/m1/s1. The number of carbonyl (C=O) groups excluding carboxylic acids is 1. The lowest BCUT2D eigenvalue weighted by atomic mass is 9.68. The minimum atomic E-state index is -1.57. The molecule has 2 aliphatic carbocycles. The van der Waals surface area contributed by atoms with Gasteiger partial charge in [0.15, 0.2) is 0 Å². The summed E-state index contributed by atoms with van der Waals surface area (Å²) in [6.45, 7) is 8.29. The van der Waals surface area contributed by atoms with E-state index < -0.39 is 16.5 Å². The van der Waals surface area contributed by atoms with Gasteiger partial charge in [0.25, 0.3) is 5.91 Å². The maximum atomic E-state index is 13.2. The summed E-state index contributed by atoms with van der Waals surface area (Å²) < 4.78 is 30.2. The first-order valence-corrected chi connectivity index (χ1v) is 19.2. The van der Waals surface area contributed by atoms with E-state index in [9.17, 15) is 9.00 Å². The molecule has 4 atom stereocenters. The molecular weight excluding hydrogens is 632 g/mol. The van der Waals surface area contributed by atoms with Crippen LogP contribution >= 0.6 is 11.6 Å². The van der Waals surface area contributed by atoms with Crippen molar-refractivity contribution >= 4 is 33.8 Å². The third-order valence-corrected chi connectivity index (χ3v) is 12.4. The number of amides is 1. The minimum Gasteiger partial charge on any atom is -0.490 e. The Morgan fingerprint density at radius 3 is 2.81 bits per heavy atom. The van der Waals surface area contributed by atoms with Crippen molar-refractivity contribution in [3.63, 3.8) is 0 Å². The van der Waals surface area contributed by atoms with Crippen molar-refractivity contribution in [3.8, 4) is 5.75 Å². The molecule has 1 saturated heterocycles. The van der Waals surface area contributed by atoms with Crippen molar-refractivity contribution in [2.45, 2.75) is 56.5 Å². The van der Waals surface area contributed by atoms with Gasteiger partial charge in [-0.05, 0) is 98.9 Å². The molecule has 254 valence electrons. The first kappa shape index (κ1) is 33.1. The third kappa shape index (κ3) is 7.44. The van der Waals surface area contributed by atoms with Crippen molar-refractivity contribution in [1.29, 1.82) is 0 Å². The Bertz CT molecular complexity index is 1570. The molecule has 5 aliphatic rings. The molecular formula is C37H48ClN4O4S-. The Morgan fingerprint density at radius 2 is 1.98 bits per heavy atom. The number of hydrogen-bond acceptors (Lipinski definition) is 8. The predicted octanol–water partition coefficient (Wildman–Crippen LogP) is 6.11. The fourth-order valence-electron chi connectivity index (χ4n) is 8.24. The van der Waals surface area contributed by atoms with Crippen LogP contribution < -0.4 is 9.64 Å². The van der Waals surface area contributed by atoms with Crippen LogP contribution in [0.25, 0.3) is 0 Å². The van der Waals surface area contributed by atoms with Crippen LogP contribution in [0.1, 0.15) is 60.0 Å². The number of halogens is 1. The quantitative estimate of drug-likeness (QED) is 0.285. The van der Waals surface area contributed by atoms with Crippen LogP contribution in [0.2, 0.25) is 5.02 Å². The second-order valence-electron chi connectivity index (χ2n) is 14.3. The largest absolute Gasteiger partial charge is 0.490 e. The Kier molecular flexibility index (Phi) is 10.3. The number of likely N-dealkylation sites (N-methyl/N-ethyl adjacent to an activating group) is 1. The molecule has 2 aromatic carbocycles. The van der Waals surface area contributed by atoms with E-state index >= 15 is 0 Å². The smallest absolute Gasteiger partial charge is 0.254 e. The van der Waals surface area contributed by atoms with Crippen LogP contribution in [-0.2, 0) is 31.4 Å². The monoisotopic (exact) mass is 679 g/mol. The lowest BCUT2D eigenvalue weighted by Gasteiger charge is -2.46. The van der Waals surface area contributed by atoms with Gasteiger partial charge >= 0.3 is 0 Å². The number of aryl methyl sites for hydroxylation is 1. The summed E-state index contributed by atoms with van der Waals surface area (Å²) in [5.41, 5.74) is 3.83. The maximum Gasteiger partial charge on any atom is 0.254 e. The zero-order valence-corrected chi connectivity index (χ0v) is 29.2. The molecule has 0 radical (unpaired) electrons. The first-order valence-electron chi connectivity index (χ1n) is 17.5. The number of nitrogens with zero attached hydrogens (tertiary/aromatic N) is 4. The summed E-state index contributed by atoms with van der Waals surface area (Å²) in [4.78, 5) is 20.6. The Balaban J connectivity index is 1.19. The summed E-state index contributed by atoms with van der Waals surface area (Å²) in [6.07, 6.45) is 11.4. The van der Waals surface area contributed by atoms with Gasteiger partial charge in [-0.1, -0.05) is 42.0 Å². The second kappa shape index (κ2) is 14.6. The minimum absolute atomic E-state index is 0.0476. The maximum absolute atomic E-state index is 13.2. The lowest BCUT2D eigenvalue weighted by Crippen LogP contribution is -2.50. The Morgan fingerprint density at radius 1 is 1.11 bits per heavy atom. The van der Waals surface area contributed by atoms with Crippen molar-refractivity contribution in [3.05, 3.63) is 70.3 Å². The number of rotatable bonds is 4. The fraction of sp³-hybridized carbons (Fsp3) is 0.595. The molecule has 3 aliphatic heterocycles. The van der Waals surface area contributed by atoms with Crippen LogP contribution in [0.15, 0.2) is 52.9 Å². The number of piperazine rings is 1. The second-order valence-corrected chi connectivity index (χ2v) is 15.9. The number of ether oxygens (including phenoxy) is 2. The summed E-state index contributed by atoms with van der Waals surface area (Å²) in [5.74, 6) is 1.59. The predicted molar refractivity (Wildman–Crippen MR) is 188 cm³/mol. The van der Waals surface area contributed by atoms with Gasteiger partial charge in [-0.3, -0.25) is 9.69 Å². The first-order chi connectivity index (χ1) is 22.9. The van der Waals surface area contributed by atoms with E-state index in [1.165, 1.54) is 11.1 Å². The molecule has 0 unspecified atom stereocenters. The van der Waals surface area contributed by atoms with Gasteiger partial charge in [0, 0.05) is 61.8 Å². The molecule has 10 heteroatoms. The highest BCUT2D eigenvalue weighted by Gasteiger charge is 2.44.